The lowest BCUT2D eigenvalue weighted by Gasteiger charge is -2.26. The highest BCUT2D eigenvalue weighted by molar-refractivity contribution is 6.46. The summed E-state index contributed by atoms with van der Waals surface area (Å²) in [7, 11) is 3.86. The van der Waals surface area contributed by atoms with E-state index in [1.54, 1.807) is 30.3 Å². The van der Waals surface area contributed by atoms with Crippen LogP contribution in [0.1, 0.15) is 34.7 Å². The number of carbonyl (C=O) groups excluding carboxylic acids is 2. The van der Waals surface area contributed by atoms with Gasteiger partial charge in [-0.3, -0.25) is 9.59 Å². The Morgan fingerprint density at radius 1 is 1.03 bits per heavy atom. The number of rotatable bonds is 9. The summed E-state index contributed by atoms with van der Waals surface area (Å²) in [4.78, 5) is 29.7. The molecule has 192 valence electrons. The number of ether oxygens (including phenoxy) is 1. The second-order valence-corrected chi connectivity index (χ2v) is 9.45. The fourth-order valence-electron chi connectivity index (χ4n) is 4.54. The molecule has 1 saturated heterocycles. The van der Waals surface area contributed by atoms with Gasteiger partial charge in [-0.2, -0.15) is 0 Å². The monoisotopic (exact) mass is 502 g/mol. The highest BCUT2D eigenvalue weighted by atomic mass is 19.1. The second kappa shape index (κ2) is 11.4. The first kappa shape index (κ1) is 26.1. The summed E-state index contributed by atoms with van der Waals surface area (Å²) < 4.78 is 19.6. The Bertz CT molecular complexity index is 1300. The number of likely N-dealkylation sites (tertiary alicyclic amines) is 1. The minimum Gasteiger partial charge on any atom is -0.507 e. The molecule has 1 N–H and O–H groups in total. The van der Waals surface area contributed by atoms with E-state index in [4.69, 9.17) is 4.74 Å². The van der Waals surface area contributed by atoms with E-state index in [1.807, 2.05) is 56.3 Å². The fraction of sp³-hybridized carbons (Fsp3) is 0.267. The van der Waals surface area contributed by atoms with E-state index in [2.05, 4.69) is 0 Å². The van der Waals surface area contributed by atoms with Crippen molar-refractivity contribution in [1.29, 1.82) is 0 Å². The zero-order chi connectivity index (χ0) is 26.5. The molecule has 3 aromatic carbocycles. The van der Waals surface area contributed by atoms with Crippen LogP contribution in [0.4, 0.5) is 4.39 Å². The van der Waals surface area contributed by atoms with E-state index in [-0.39, 0.29) is 11.3 Å². The van der Waals surface area contributed by atoms with E-state index in [9.17, 15) is 19.1 Å². The van der Waals surface area contributed by atoms with Crippen molar-refractivity contribution in [2.45, 2.75) is 26.0 Å². The van der Waals surface area contributed by atoms with Gasteiger partial charge in [-0.05, 0) is 81.0 Å². The lowest BCUT2D eigenvalue weighted by Crippen LogP contribution is -2.32. The van der Waals surface area contributed by atoms with Crippen molar-refractivity contribution >= 4 is 17.4 Å². The van der Waals surface area contributed by atoms with E-state index in [0.717, 1.165) is 12.1 Å². The Balaban J connectivity index is 1.68. The molecular weight excluding hydrogens is 471 g/mol. The Morgan fingerprint density at radius 2 is 1.73 bits per heavy atom. The summed E-state index contributed by atoms with van der Waals surface area (Å²) in [6.45, 7) is 3.26. The Morgan fingerprint density at radius 3 is 2.38 bits per heavy atom. The van der Waals surface area contributed by atoms with Crippen LogP contribution in [0.5, 0.6) is 5.75 Å². The van der Waals surface area contributed by atoms with Crippen LogP contribution in [0.2, 0.25) is 0 Å². The number of hydrogen-bond acceptors (Lipinski definition) is 5. The van der Waals surface area contributed by atoms with Gasteiger partial charge in [0.15, 0.2) is 0 Å². The number of aliphatic hydroxyl groups excluding tert-OH is 1. The molecule has 0 radical (unpaired) electrons. The topological polar surface area (TPSA) is 70.1 Å². The molecule has 0 unspecified atom stereocenters. The third-order valence-electron chi connectivity index (χ3n) is 6.43. The van der Waals surface area contributed by atoms with E-state index >= 15 is 0 Å². The van der Waals surface area contributed by atoms with Crippen LogP contribution < -0.4 is 4.74 Å². The van der Waals surface area contributed by atoms with E-state index in [0.29, 0.717) is 42.0 Å². The predicted molar refractivity (Wildman–Crippen MR) is 141 cm³/mol. The molecule has 0 spiro atoms. The lowest BCUT2D eigenvalue weighted by atomic mass is 9.94. The molecule has 0 saturated carbocycles. The number of hydrogen-bond donors (Lipinski definition) is 1. The van der Waals surface area contributed by atoms with Gasteiger partial charge in [0.1, 0.15) is 23.9 Å². The van der Waals surface area contributed by atoms with Crippen molar-refractivity contribution < 1.29 is 23.8 Å². The summed E-state index contributed by atoms with van der Waals surface area (Å²) in [6.07, 6.45) is 0.643. The van der Waals surface area contributed by atoms with Gasteiger partial charge in [0, 0.05) is 12.1 Å². The van der Waals surface area contributed by atoms with Crippen LogP contribution in [-0.4, -0.2) is 53.8 Å². The zero-order valence-corrected chi connectivity index (χ0v) is 21.3. The third-order valence-corrected chi connectivity index (χ3v) is 6.43. The molecule has 1 atom stereocenters. The van der Waals surface area contributed by atoms with Crippen molar-refractivity contribution in [3.8, 4) is 5.75 Å². The molecule has 0 aliphatic carbocycles. The lowest BCUT2D eigenvalue weighted by molar-refractivity contribution is -0.139. The van der Waals surface area contributed by atoms with Crippen molar-refractivity contribution in [2.75, 3.05) is 27.2 Å². The van der Waals surface area contributed by atoms with Crippen LogP contribution in [0.25, 0.3) is 5.76 Å². The summed E-state index contributed by atoms with van der Waals surface area (Å²) in [5.74, 6) is -1.47. The summed E-state index contributed by atoms with van der Waals surface area (Å²) in [5, 5.41) is 11.4. The zero-order valence-electron chi connectivity index (χ0n) is 21.3. The maximum Gasteiger partial charge on any atom is 0.295 e. The van der Waals surface area contributed by atoms with Gasteiger partial charge in [-0.1, -0.05) is 42.5 Å². The molecular formula is C30H31FN2O4. The molecule has 1 aliphatic heterocycles. The Kier molecular flexibility index (Phi) is 8.04. The smallest absolute Gasteiger partial charge is 0.295 e. The minimum absolute atomic E-state index is 0.00233. The average Bonchev–Trinajstić information content (AvgIpc) is 3.13. The first-order valence-electron chi connectivity index (χ1n) is 12.2. The Labute approximate surface area is 216 Å². The first-order chi connectivity index (χ1) is 17.8. The van der Waals surface area contributed by atoms with Crippen molar-refractivity contribution in [1.82, 2.24) is 9.80 Å². The van der Waals surface area contributed by atoms with Crippen LogP contribution in [0.3, 0.4) is 0 Å². The number of halogens is 1. The van der Waals surface area contributed by atoms with Gasteiger partial charge in [-0.25, -0.2) is 4.39 Å². The Hall–Kier alpha value is -3.97. The molecule has 37 heavy (non-hydrogen) atoms. The SMILES string of the molecule is Cc1cc(OCc2ccccc2)ccc1C(O)=C1C(=O)C(=O)N(CCCN(C)C)[C@@H]1c1ccc(F)cc1. The standard InChI is InChI=1S/C30H31FN2O4/c1-20-18-24(37-19-21-8-5-4-6-9-21)14-15-25(20)28(34)26-27(22-10-12-23(31)13-11-22)33(30(36)29(26)35)17-7-16-32(2)3/h4-6,8-15,18,27,34H,7,16-17,19H2,1-3H3/t27-/m1/s1. The summed E-state index contributed by atoms with van der Waals surface area (Å²) >= 11 is 0. The highest BCUT2D eigenvalue weighted by Gasteiger charge is 2.45. The van der Waals surface area contributed by atoms with Crippen molar-refractivity contribution in [2.24, 2.45) is 0 Å². The van der Waals surface area contributed by atoms with Gasteiger partial charge in [0.25, 0.3) is 11.7 Å². The number of carbonyl (C=O) groups is 2. The summed E-state index contributed by atoms with van der Waals surface area (Å²) in [5.41, 5.74) is 2.72. The minimum atomic E-state index is -0.809. The number of aryl methyl sites for hydroxylation is 1. The molecule has 3 aromatic rings. The van der Waals surface area contributed by atoms with Crippen LogP contribution >= 0.6 is 0 Å². The fourth-order valence-corrected chi connectivity index (χ4v) is 4.54. The number of ketones is 1. The van der Waals surface area contributed by atoms with E-state index < -0.39 is 23.5 Å². The van der Waals surface area contributed by atoms with Crippen LogP contribution in [0, 0.1) is 12.7 Å². The van der Waals surface area contributed by atoms with Crippen molar-refractivity contribution in [3.05, 3.63) is 106 Å². The molecule has 6 nitrogen and oxygen atoms in total. The number of amides is 1. The first-order valence-corrected chi connectivity index (χ1v) is 12.2. The molecule has 0 bridgehead atoms. The van der Waals surface area contributed by atoms with E-state index in [1.165, 1.54) is 17.0 Å². The normalized spacial score (nSPS) is 17.0. The maximum absolute atomic E-state index is 13.7. The third kappa shape index (κ3) is 5.89. The molecule has 1 aliphatic rings. The van der Waals surface area contributed by atoms with Gasteiger partial charge in [0.05, 0.1) is 11.6 Å². The van der Waals surface area contributed by atoms with Crippen LogP contribution in [0.15, 0.2) is 78.4 Å². The van der Waals surface area contributed by atoms with Gasteiger partial charge >= 0.3 is 0 Å². The predicted octanol–water partition coefficient (Wildman–Crippen LogP) is 5.09. The van der Waals surface area contributed by atoms with Crippen molar-refractivity contribution in [3.63, 3.8) is 0 Å². The number of aliphatic hydroxyl groups is 1. The average molecular weight is 503 g/mol. The summed E-state index contributed by atoms with van der Waals surface area (Å²) in [6, 6.07) is 19.8. The molecule has 1 fully saturated rings. The number of Topliss-reactive ketones (excluding diaryl/α,β-unsaturated/α-hetero) is 1. The molecule has 0 aromatic heterocycles. The van der Waals surface area contributed by atoms with Gasteiger partial charge in [-0.15, -0.1) is 0 Å². The molecule has 4 rings (SSSR count). The van der Waals surface area contributed by atoms with Gasteiger partial charge in [0.2, 0.25) is 0 Å². The molecule has 1 heterocycles. The second-order valence-electron chi connectivity index (χ2n) is 9.45. The number of nitrogens with zero attached hydrogens (tertiary/aromatic N) is 2. The van der Waals surface area contributed by atoms with Gasteiger partial charge < -0.3 is 19.6 Å². The maximum atomic E-state index is 13.7. The van der Waals surface area contributed by atoms with Crippen LogP contribution in [-0.2, 0) is 16.2 Å². The quantitative estimate of drug-likeness (QED) is 0.251. The largest absolute Gasteiger partial charge is 0.507 e. The highest BCUT2D eigenvalue weighted by Crippen LogP contribution is 2.40. The number of benzene rings is 3. The molecule has 7 heteroatoms. The molecule has 1 amide bonds.